The van der Waals surface area contributed by atoms with E-state index in [9.17, 15) is 14.7 Å². The number of aliphatic carboxylic acids is 1. The lowest BCUT2D eigenvalue weighted by Gasteiger charge is -2.37. The molecular weight excluding hydrogens is 290 g/mol. The third kappa shape index (κ3) is 4.34. The molecule has 23 heavy (non-hydrogen) atoms. The van der Waals surface area contributed by atoms with Crippen molar-refractivity contribution in [3.8, 4) is 0 Å². The van der Waals surface area contributed by atoms with Gasteiger partial charge in [-0.2, -0.15) is 0 Å². The summed E-state index contributed by atoms with van der Waals surface area (Å²) in [6, 6.07) is 9.42. The van der Waals surface area contributed by atoms with Gasteiger partial charge in [0.15, 0.2) is 0 Å². The van der Waals surface area contributed by atoms with E-state index < -0.39 is 12.0 Å². The zero-order chi connectivity index (χ0) is 17.0. The Morgan fingerprint density at radius 3 is 2.39 bits per heavy atom. The number of hydrogen-bond acceptors (Lipinski definition) is 2. The van der Waals surface area contributed by atoms with Crippen LogP contribution in [0.4, 0.5) is 0 Å². The van der Waals surface area contributed by atoms with Crippen LogP contribution in [-0.2, 0) is 16.0 Å². The number of carbonyl (C=O) groups is 2. The van der Waals surface area contributed by atoms with Gasteiger partial charge in [-0.15, -0.1) is 0 Å². The molecule has 0 bridgehead atoms. The molecule has 126 valence electrons. The molecule has 1 amide bonds. The van der Waals surface area contributed by atoms with Crippen molar-refractivity contribution in [2.45, 2.75) is 65.0 Å². The minimum Gasteiger partial charge on any atom is -0.480 e. The summed E-state index contributed by atoms with van der Waals surface area (Å²) in [5.41, 5.74) is 1.11. The predicted octanol–water partition coefficient (Wildman–Crippen LogP) is 3.50. The van der Waals surface area contributed by atoms with Gasteiger partial charge in [0.05, 0.1) is 0 Å². The van der Waals surface area contributed by atoms with Crippen LogP contribution in [0.5, 0.6) is 0 Å². The molecule has 2 atom stereocenters. The van der Waals surface area contributed by atoms with Crippen molar-refractivity contribution in [3.05, 3.63) is 35.9 Å². The molecule has 1 aromatic carbocycles. The van der Waals surface area contributed by atoms with Crippen LogP contribution >= 0.6 is 0 Å². The van der Waals surface area contributed by atoms with Gasteiger partial charge in [-0.05, 0) is 36.7 Å². The normalized spacial score (nSPS) is 21.4. The molecule has 1 saturated heterocycles. The Morgan fingerprint density at radius 2 is 1.83 bits per heavy atom. The van der Waals surface area contributed by atoms with Crippen LogP contribution in [-0.4, -0.2) is 34.0 Å². The van der Waals surface area contributed by atoms with Crippen LogP contribution in [0.3, 0.4) is 0 Å². The van der Waals surface area contributed by atoms with E-state index >= 15 is 0 Å². The number of carbonyl (C=O) groups excluding carboxylic acids is 1. The Bertz CT molecular complexity index is 547. The summed E-state index contributed by atoms with van der Waals surface area (Å²) in [5, 5.41) is 9.43. The average Bonchev–Trinajstić information content (AvgIpc) is 2.93. The molecule has 0 aliphatic carbocycles. The van der Waals surface area contributed by atoms with Crippen LogP contribution in [0, 0.1) is 5.41 Å². The van der Waals surface area contributed by atoms with Crippen molar-refractivity contribution < 1.29 is 14.7 Å². The minimum atomic E-state index is -0.881. The molecule has 4 heteroatoms. The number of amides is 1. The quantitative estimate of drug-likeness (QED) is 0.904. The van der Waals surface area contributed by atoms with Crippen molar-refractivity contribution in [2.75, 3.05) is 0 Å². The second-order valence-corrected chi connectivity index (χ2v) is 7.45. The maximum atomic E-state index is 12.7. The maximum Gasteiger partial charge on any atom is 0.326 e. The molecule has 0 radical (unpaired) electrons. The highest BCUT2D eigenvalue weighted by Crippen LogP contribution is 2.36. The second-order valence-electron chi connectivity index (χ2n) is 7.45. The fourth-order valence-electron chi connectivity index (χ4n) is 3.47. The Hall–Kier alpha value is -1.84. The number of aryl methyl sites for hydroxylation is 1. The van der Waals surface area contributed by atoms with Gasteiger partial charge in [0.2, 0.25) is 5.91 Å². The summed E-state index contributed by atoms with van der Waals surface area (Å²) >= 11 is 0. The third-order valence-electron chi connectivity index (χ3n) is 4.66. The Balaban J connectivity index is 2.00. The lowest BCUT2D eigenvalue weighted by atomic mass is 9.85. The first-order valence-electron chi connectivity index (χ1n) is 8.38. The molecule has 1 heterocycles. The summed E-state index contributed by atoms with van der Waals surface area (Å²) in [4.78, 5) is 25.8. The molecule has 0 unspecified atom stereocenters. The first kappa shape index (κ1) is 17.5. The summed E-state index contributed by atoms with van der Waals surface area (Å²) in [6.07, 6.45) is 3.33. The molecule has 0 spiro atoms. The number of hydrogen-bond donors (Lipinski definition) is 1. The van der Waals surface area contributed by atoms with Crippen molar-refractivity contribution in [3.63, 3.8) is 0 Å². The minimum absolute atomic E-state index is 0.00725. The number of carboxylic acid groups (broad SMARTS) is 1. The van der Waals surface area contributed by atoms with E-state index in [4.69, 9.17) is 0 Å². The maximum absolute atomic E-state index is 12.7. The first-order chi connectivity index (χ1) is 10.8. The Labute approximate surface area is 138 Å². The summed E-state index contributed by atoms with van der Waals surface area (Å²) in [6.45, 7) is 6.23. The van der Waals surface area contributed by atoms with Gasteiger partial charge in [-0.25, -0.2) is 4.79 Å². The molecule has 1 fully saturated rings. The van der Waals surface area contributed by atoms with Gasteiger partial charge < -0.3 is 10.0 Å². The first-order valence-corrected chi connectivity index (χ1v) is 8.38. The number of nitrogens with zero attached hydrogens (tertiary/aromatic N) is 1. The van der Waals surface area contributed by atoms with E-state index in [1.807, 2.05) is 18.2 Å². The lowest BCUT2D eigenvalue weighted by molar-refractivity contribution is -0.151. The standard InChI is InChI=1S/C19H27NO3/c1-19(2,3)16-13-12-15(18(22)23)20(16)17(21)11-7-10-14-8-5-4-6-9-14/h4-6,8-9,15-16H,7,10-13H2,1-3H3,(H,22,23)/t15-,16+/m0/s1. The van der Waals surface area contributed by atoms with Crippen molar-refractivity contribution in [1.82, 2.24) is 4.90 Å². The Kier molecular flexibility index (Phi) is 5.45. The van der Waals surface area contributed by atoms with Crippen molar-refractivity contribution in [1.29, 1.82) is 0 Å². The molecule has 1 aliphatic rings. The SMILES string of the molecule is CC(C)(C)[C@H]1CC[C@@H](C(=O)O)N1C(=O)CCCc1ccccc1. The highest BCUT2D eigenvalue weighted by molar-refractivity contribution is 5.84. The highest BCUT2D eigenvalue weighted by atomic mass is 16.4. The van der Waals surface area contributed by atoms with Gasteiger partial charge in [0.1, 0.15) is 6.04 Å². The van der Waals surface area contributed by atoms with E-state index in [0.29, 0.717) is 12.8 Å². The van der Waals surface area contributed by atoms with Crippen LogP contribution in [0.1, 0.15) is 52.0 Å². The average molecular weight is 317 g/mol. The summed E-state index contributed by atoms with van der Waals surface area (Å²) in [5.74, 6) is -0.904. The molecule has 0 aromatic heterocycles. The largest absolute Gasteiger partial charge is 0.480 e. The lowest BCUT2D eigenvalue weighted by Crippen LogP contribution is -2.49. The zero-order valence-corrected chi connectivity index (χ0v) is 14.3. The van der Waals surface area contributed by atoms with Crippen LogP contribution in [0.25, 0.3) is 0 Å². The summed E-state index contributed by atoms with van der Waals surface area (Å²) < 4.78 is 0. The van der Waals surface area contributed by atoms with Crippen molar-refractivity contribution in [2.24, 2.45) is 5.41 Å². The fourth-order valence-corrected chi connectivity index (χ4v) is 3.47. The zero-order valence-electron chi connectivity index (χ0n) is 14.3. The molecule has 4 nitrogen and oxygen atoms in total. The van der Waals surface area contributed by atoms with Gasteiger partial charge in [0, 0.05) is 12.5 Å². The predicted molar refractivity (Wildman–Crippen MR) is 90.1 cm³/mol. The molecule has 2 rings (SSSR count). The van der Waals surface area contributed by atoms with Crippen LogP contribution in [0.2, 0.25) is 0 Å². The van der Waals surface area contributed by atoms with E-state index in [-0.39, 0.29) is 17.4 Å². The molecule has 1 aliphatic heterocycles. The molecular formula is C19H27NO3. The van der Waals surface area contributed by atoms with Gasteiger partial charge in [-0.3, -0.25) is 4.79 Å². The third-order valence-corrected chi connectivity index (χ3v) is 4.66. The van der Waals surface area contributed by atoms with Crippen molar-refractivity contribution >= 4 is 11.9 Å². The van der Waals surface area contributed by atoms with Gasteiger partial charge in [-0.1, -0.05) is 51.1 Å². The van der Waals surface area contributed by atoms with E-state index in [2.05, 4.69) is 32.9 Å². The molecule has 0 saturated carbocycles. The highest BCUT2D eigenvalue weighted by Gasteiger charge is 2.45. The number of likely N-dealkylation sites (tertiary alicyclic amines) is 1. The summed E-state index contributed by atoms with van der Waals surface area (Å²) in [7, 11) is 0. The number of carboxylic acids is 1. The molecule has 1 N–H and O–H groups in total. The van der Waals surface area contributed by atoms with Gasteiger partial charge >= 0.3 is 5.97 Å². The smallest absolute Gasteiger partial charge is 0.326 e. The monoisotopic (exact) mass is 317 g/mol. The van der Waals surface area contributed by atoms with Crippen LogP contribution in [0.15, 0.2) is 30.3 Å². The number of benzene rings is 1. The topological polar surface area (TPSA) is 57.6 Å². The Morgan fingerprint density at radius 1 is 1.17 bits per heavy atom. The van der Waals surface area contributed by atoms with E-state index in [0.717, 1.165) is 19.3 Å². The number of rotatable bonds is 5. The molecule has 1 aromatic rings. The van der Waals surface area contributed by atoms with Crippen LogP contribution < -0.4 is 0 Å². The second kappa shape index (κ2) is 7.16. The van der Waals surface area contributed by atoms with E-state index in [1.54, 1.807) is 4.90 Å². The van der Waals surface area contributed by atoms with Gasteiger partial charge in [0.25, 0.3) is 0 Å². The fraction of sp³-hybridized carbons (Fsp3) is 0.579. The van der Waals surface area contributed by atoms with E-state index in [1.165, 1.54) is 5.56 Å².